The van der Waals surface area contributed by atoms with E-state index in [1.807, 2.05) is 91.0 Å². The average Bonchev–Trinajstić information content (AvgIpc) is 3.58. The van der Waals surface area contributed by atoms with Gasteiger partial charge in [0.15, 0.2) is 10.8 Å². The Labute approximate surface area is 296 Å². The number of hydrogen-bond donors (Lipinski definition) is 3. The van der Waals surface area contributed by atoms with Gasteiger partial charge in [-0.15, -0.1) is 23.1 Å². The number of amides is 2. The van der Waals surface area contributed by atoms with Gasteiger partial charge in [-0.2, -0.15) is 0 Å². The molecular formula is C36H33N5O7S2. The number of carboxylic acid groups (broad SMARTS) is 1. The standard InChI is InChI=1S/C36H33N5O7S2/c1-3-47-40-30(32(44)38-33(48-22(2)42)26-20-49-29-19-28(43)41(29)31(26)34(45)46)27-21-50-35(37-27)39-36(23-13-7-4-8-14-23,24-15-9-5-10-16-24)25-17-11-6-12-18-25/h4-18,21,29,33H,3,19-20H2,1-2H3,(H,37,39)(H,38,44)(H,45,46)/t29-,33?/m1/s1. The smallest absolute Gasteiger partial charge is 0.352 e. The zero-order valence-corrected chi connectivity index (χ0v) is 28.7. The van der Waals surface area contributed by atoms with Crippen molar-refractivity contribution in [1.82, 2.24) is 15.2 Å². The van der Waals surface area contributed by atoms with Crippen molar-refractivity contribution in [2.45, 2.75) is 37.4 Å². The number of carboxylic acids is 1. The number of β-lactam (4-membered cyclic amide) rings is 1. The van der Waals surface area contributed by atoms with Crippen LogP contribution in [0.3, 0.4) is 0 Å². The number of aromatic nitrogens is 1. The Morgan fingerprint density at radius 1 is 1.00 bits per heavy atom. The van der Waals surface area contributed by atoms with E-state index in [-0.39, 0.29) is 52.7 Å². The van der Waals surface area contributed by atoms with Crippen molar-refractivity contribution >= 4 is 57.7 Å². The number of rotatable bonds is 13. The molecule has 0 bridgehead atoms. The van der Waals surface area contributed by atoms with Crippen molar-refractivity contribution in [1.29, 1.82) is 0 Å². The van der Waals surface area contributed by atoms with E-state index in [1.165, 1.54) is 23.1 Å². The van der Waals surface area contributed by atoms with Gasteiger partial charge in [-0.05, 0) is 23.6 Å². The van der Waals surface area contributed by atoms with E-state index in [1.54, 1.807) is 12.3 Å². The van der Waals surface area contributed by atoms with Gasteiger partial charge in [0, 0.05) is 23.6 Å². The molecule has 2 amide bonds. The summed E-state index contributed by atoms with van der Waals surface area (Å²) >= 11 is 2.57. The number of nitrogens with one attached hydrogen (secondary N) is 2. The van der Waals surface area contributed by atoms with Gasteiger partial charge < -0.3 is 25.3 Å². The molecule has 1 fully saturated rings. The number of thioether (sulfide) groups is 1. The van der Waals surface area contributed by atoms with E-state index in [0.29, 0.717) is 5.13 Å². The van der Waals surface area contributed by atoms with E-state index < -0.39 is 29.6 Å². The van der Waals surface area contributed by atoms with Gasteiger partial charge in [-0.3, -0.25) is 19.3 Å². The van der Waals surface area contributed by atoms with Crippen molar-refractivity contribution in [2.75, 3.05) is 17.7 Å². The summed E-state index contributed by atoms with van der Waals surface area (Å²) in [6.45, 7) is 2.98. The number of carbonyl (C=O) groups excluding carboxylic acids is 3. The second kappa shape index (κ2) is 15.0. The first-order chi connectivity index (χ1) is 24.2. The van der Waals surface area contributed by atoms with Crippen LogP contribution in [0.2, 0.25) is 0 Å². The number of hydrogen-bond acceptors (Lipinski definition) is 11. The first-order valence-electron chi connectivity index (χ1n) is 15.7. The molecule has 3 aromatic carbocycles. The van der Waals surface area contributed by atoms with Gasteiger partial charge in [-0.25, -0.2) is 9.78 Å². The number of fused-ring (bicyclic) bond motifs is 1. The topological polar surface area (TPSA) is 160 Å². The molecule has 0 radical (unpaired) electrons. The Kier molecular flexibility index (Phi) is 10.3. The first kappa shape index (κ1) is 34.4. The lowest BCUT2D eigenvalue weighted by Crippen LogP contribution is -2.56. The average molecular weight is 712 g/mol. The van der Waals surface area contributed by atoms with Crippen molar-refractivity contribution in [3.8, 4) is 0 Å². The molecule has 6 rings (SSSR count). The lowest BCUT2D eigenvalue weighted by atomic mass is 9.77. The third kappa shape index (κ3) is 6.84. The number of nitrogens with zero attached hydrogens (tertiary/aromatic N) is 3. The van der Waals surface area contributed by atoms with Crippen molar-refractivity contribution < 1.29 is 33.9 Å². The van der Waals surface area contributed by atoms with Crippen LogP contribution in [0.4, 0.5) is 5.13 Å². The predicted octanol–water partition coefficient (Wildman–Crippen LogP) is 4.94. The summed E-state index contributed by atoms with van der Waals surface area (Å²) in [6.07, 6.45) is -1.30. The van der Waals surface area contributed by atoms with E-state index in [0.717, 1.165) is 28.5 Å². The van der Waals surface area contributed by atoms with Gasteiger partial charge >= 0.3 is 11.9 Å². The van der Waals surface area contributed by atoms with Crippen molar-refractivity contribution in [3.05, 3.63) is 130 Å². The molecule has 0 aliphatic carbocycles. The molecule has 14 heteroatoms. The van der Waals surface area contributed by atoms with Crippen LogP contribution in [-0.4, -0.2) is 68.4 Å². The molecule has 0 saturated carbocycles. The van der Waals surface area contributed by atoms with Crippen molar-refractivity contribution in [3.63, 3.8) is 0 Å². The molecule has 1 unspecified atom stereocenters. The van der Waals surface area contributed by atoms with E-state index >= 15 is 0 Å². The van der Waals surface area contributed by atoms with Crippen LogP contribution in [0.25, 0.3) is 0 Å². The third-order valence-electron chi connectivity index (χ3n) is 8.11. The number of carbonyl (C=O) groups is 4. The summed E-state index contributed by atoms with van der Waals surface area (Å²) in [6, 6.07) is 29.9. The van der Waals surface area contributed by atoms with Crippen LogP contribution in [0.15, 0.2) is 113 Å². The molecule has 2 aliphatic rings. The van der Waals surface area contributed by atoms with Gasteiger partial charge in [0.25, 0.3) is 5.91 Å². The van der Waals surface area contributed by atoms with Crippen LogP contribution >= 0.6 is 23.1 Å². The Morgan fingerprint density at radius 3 is 2.08 bits per heavy atom. The first-order valence-corrected chi connectivity index (χ1v) is 17.6. The minimum atomic E-state index is -1.50. The number of oxime groups is 1. The highest BCUT2D eigenvalue weighted by Gasteiger charge is 2.47. The molecule has 3 heterocycles. The fourth-order valence-corrected chi connectivity index (χ4v) is 7.94. The number of aliphatic carboxylic acids is 1. The summed E-state index contributed by atoms with van der Waals surface area (Å²) in [5, 5.41) is 22.1. The molecule has 4 aromatic rings. The number of thiazole rings is 1. The van der Waals surface area contributed by atoms with E-state index in [9.17, 15) is 24.3 Å². The SMILES string of the molecule is CCON=C(C(=O)NC(OC(C)=O)C1=C(C(=O)O)N2C(=O)C[C@H]2SC1)c1csc(NC(c2ccccc2)(c2ccccc2)c2ccccc2)n1. The number of benzene rings is 3. The van der Waals surface area contributed by atoms with Gasteiger partial charge in [0.2, 0.25) is 12.1 Å². The third-order valence-corrected chi connectivity index (χ3v) is 10.1. The number of esters is 1. The molecule has 256 valence electrons. The van der Waals surface area contributed by atoms with Crippen LogP contribution in [-0.2, 0) is 34.3 Å². The van der Waals surface area contributed by atoms with E-state index in [4.69, 9.17) is 14.6 Å². The Hall–Kier alpha value is -5.47. The molecule has 1 saturated heterocycles. The van der Waals surface area contributed by atoms with Gasteiger partial charge in [-0.1, -0.05) is 96.2 Å². The lowest BCUT2D eigenvalue weighted by Gasteiger charge is -2.44. The van der Waals surface area contributed by atoms with Crippen LogP contribution in [0.1, 0.15) is 42.7 Å². The van der Waals surface area contributed by atoms with Crippen LogP contribution < -0.4 is 10.6 Å². The maximum absolute atomic E-state index is 13.9. The minimum Gasteiger partial charge on any atom is -0.477 e. The molecule has 2 atom stereocenters. The maximum Gasteiger partial charge on any atom is 0.352 e. The molecule has 50 heavy (non-hydrogen) atoms. The normalized spacial score (nSPS) is 16.5. The zero-order valence-electron chi connectivity index (χ0n) is 27.1. The highest BCUT2D eigenvalue weighted by atomic mass is 32.2. The second-order valence-electron chi connectivity index (χ2n) is 11.2. The Bertz CT molecular complexity index is 1850. The quantitative estimate of drug-likeness (QED) is 0.0433. The molecule has 2 aliphatic heterocycles. The summed E-state index contributed by atoms with van der Waals surface area (Å²) in [4.78, 5) is 62.0. The largest absolute Gasteiger partial charge is 0.477 e. The number of ether oxygens (including phenoxy) is 1. The molecule has 12 nitrogen and oxygen atoms in total. The molecule has 0 spiro atoms. The summed E-state index contributed by atoms with van der Waals surface area (Å²) in [7, 11) is 0. The lowest BCUT2D eigenvalue weighted by molar-refractivity contribution is -0.149. The van der Waals surface area contributed by atoms with Crippen LogP contribution in [0.5, 0.6) is 0 Å². The van der Waals surface area contributed by atoms with Crippen LogP contribution in [0, 0.1) is 0 Å². The fourth-order valence-electron chi connectivity index (χ4n) is 5.89. The summed E-state index contributed by atoms with van der Waals surface area (Å²) in [5.74, 6) is -3.23. The Balaban J connectivity index is 1.37. The molecule has 1 aromatic heterocycles. The van der Waals surface area contributed by atoms with E-state index in [2.05, 4.69) is 15.8 Å². The number of anilines is 1. The fraction of sp³-hybridized carbons (Fsp3) is 0.222. The zero-order chi connectivity index (χ0) is 35.3. The second-order valence-corrected chi connectivity index (χ2v) is 13.3. The minimum absolute atomic E-state index is 0.0603. The van der Waals surface area contributed by atoms with Crippen molar-refractivity contribution in [2.24, 2.45) is 5.16 Å². The highest BCUT2D eigenvalue weighted by Crippen LogP contribution is 2.42. The molecule has 3 N–H and O–H groups in total. The molecular weight excluding hydrogens is 679 g/mol. The summed E-state index contributed by atoms with van der Waals surface area (Å²) < 4.78 is 5.42. The Morgan fingerprint density at radius 2 is 1.58 bits per heavy atom. The monoisotopic (exact) mass is 711 g/mol. The highest BCUT2D eigenvalue weighted by molar-refractivity contribution is 8.00. The van der Waals surface area contributed by atoms with Gasteiger partial charge in [0.1, 0.15) is 23.5 Å². The predicted molar refractivity (Wildman–Crippen MR) is 189 cm³/mol. The maximum atomic E-state index is 13.9. The summed E-state index contributed by atoms with van der Waals surface area (Å²) in [5.41, 5.74) is 1.65. The van der Waals surface area contributed by atoms with Gasteiger partial charge in [0.05, 0.1) is 11.8 Å².